The van der Waals surface area contributed by atoms with E-state index < -0.39 is 0 Å². The van der Waals surface area contributed by atoms with Crippen LogP contribution in [-0.2, 0) is 0 Å². The minimum absolute atomic E-state index is 0.160. The molecule has 0 heterocycles. The summed E-state index contributed by atoms with van der Waals surface area (Å²) in [6.45, 7) is 28.9. The molecule has 0 aliphatic heterocycles. The maximum atomic E-state index is 10.3. The number of rotatable bonds is 10. The molecule has 0 unspecified atom stereocenters. The molecule has 0 spiro atoms. The molecule has 0 radical (unpaired) electrons. The fourth-order valence-electron chi connectivity index (χ4n) is 10.1. The molecule has 0 amide bonds. The topological polar surface area (TPSA) is 62.8 Å². The highest BCUT2D eigenvalue weighted by Crippen LogP contribution is 2.52. The van der Waals surface area contributed by atoms with Gasteiger partial charge in [-0.05, 0) is 158 Å². The molecular formula is C64H48N6. The predicted molar refractivity (Wildman–Crippen MR) is 290 cm³/mol. The van der Waals surface area contributed by atoms with Gasteiger partial charge in [0.05, 0.1) is 47.8 Å². The summed E-state index contributed by atoms with van der Waals surface area (Å²) >= 11 is 0. The normalized spacial score (nSPS) is 11.2. The molecule has 0 saturated heterocycles. The Balaban J connectivity index is 1.30. The van der Waals surface area contributed by atoms with Crippen LogP contribution in [0.1, 0.15) is 72.9 Å². The van der Waals surface area contributed by atoms with E-state index in [4.69, 9.17) is 13.1 Å². The molecule has 70 heavy (non-hydrogen) atoms. The zero-order valence-electron chi connectivity index (χ0n) is 40.0. The molecule has 0 aromatic heterocycles. The van der Waals surface area contributed by atoms with E-state index in [1.807, 2.05) is 84.9 Å². The van der Waals surface area contributed by atoms with Crippen LogP contribution in [0.15, 0.2) is 170 Å². The Hall–Kier alpha value is -9.20. The fourth-order valence-corrected chi connectivity index (χ4v) is 10.1. The van der Waals surface area contributed by atoms with Gasteiger partial charge in [-0.15, -0.1) is 0 Å². The number of anilines is 6. The lowest BCUT2D eigenvalue weighted by atomic mass is 9.84. The average Bonchev–Trinajstić information content (AvgIpc) is 3.39. The molecule has 10 rings (SSSR count). The Morgan fingerprint density at radius 2 is 0.857 bits per heavy atom. The van der Waals surface area contributed by atoms with Crippen LogP contribution in [0.2, 0.25) is 0 Å². The van der Waals surface area contributed by atoms with Crippen molar-refractivity contribution in [1.29, 1.82) is 10.5 Å². The Labute approximate surface area is 410 Å². The second kappa shape index (κ2) is 18.1. The van der Waals surface area contributed by atoms with E-state index in [-0.39, 0.29) is 11.8 Å². The highest BCUT2D eigenvalue weighted by molar-refractivity contribution is 6.29. The van der Waals surface area contributed by atoms with Crippen LogP contribution < -0.4 is 9.80 Å². The quantitative estimate of drug-likeness (QED) is 0.101. The summed E-state index contributed by atoms with van der Waals surface area (Å²) in [6.07, 6.45) is 0. The van der Waals surface area contributed by atoms with Gasteiger partial charge in [0, 0.05) is 33.5 Å². The second-order valence-corrected chi connectivity index (χ2v) is 18.7. The van der Waals surface area contributed by atoms with Crippen LogP contribution >= 0.6 is 0 Å². The molecule has 0 atom stereocenters. The summed E-state index contributed by atoms with van der Waals surface area (Å²) in [6, 6.07) is 62.8. The van der Waals surface area contributed by atoms with E-state index >= 15 is 0 Å². The van der Waals surface area contributed by atoms with Crippen LogP contribution in [0.3, 0.4) is 0 Å². The summed E-state index contributed by atoms with van der Waals surface area (Å²) in [5, 5.41) is 26.7. The van der Waals surface area contributed by atoms with Crippen molar-refractivity contribution in [3.63, 3.8) is 0 Å². The minimum Gasteiger partial charge on any atom is -0.311 e. The zero-order valence-corrected chi connectivity index (χ0v) is 40.0. The van der Waals surface area contributed by atoms with Gasteiger partial charge < -0.3 is 9.80 Å². The first-order valence-electron chi connectivity index (χ1n) is 23.6. The Morgan fingerprint density at radius 3 is 1.33 bits per heavy atom. The van der Waals surface area contributed by atoms with Crippen LogP contribution in [0.5, 0.6) is 0 Å². The van der Waals surface area contributed by atoms with E-state index in [1.165, 1.54) is 32.7 Å². The lowest BCUT2D eigenvalue weighted by Gasteiger charge is -2.33. The standard InChI is InChI=1S/C64H48N6/c1-39(2)57-35-61(69(51-13-9-11-44(31-51)38-66)59-32-47(19-15-41(59)5)45-21-17-43(37-65)18-22-45)55-29-27-54-58(40(3)4)36-62(56-30-28-53(57)63(55)64(54)56)70(52-14-10-12-50(34-52)68-8)60-33-48(20-16-42(60)6)46-23-25-49(67-7)26-24-46/h9-36,39-40H,1-6H3. The van der Waals surface area contributed by atoms with Gasteiger partial charge in [0.2, 0.25) is 0 Å². The third kappa shape index (κ3) is 7.79. The Bertz CT molecular complexity index is 3600. The van der Waals surface area contributed by atoms with Gasteiger partial charge in [0.15, 0.2) is 11.4 Å². The number of nitrogens with zero attached hydrogens (tertiary/aromatic N) is 6. The lowest BCUT2D eigenvalue weighted by Crippen LogP contribution is -2.14. The van der Waals surface area contributed by atoms with Crippen molar-refractivity contribution in [3.8, 4) is 34.4 Å². The molecule has 6 heteroatoms. The summed E-state index contributed by atoms with van der Waals surface area (Å²) < 4.78 is 0. The third-order valence-electron chi connectivity index (χ3n) is 13.7. The van der Waals surface area contributed by atoms with E-state index in [0.29, 0.717) is 22.5 Å². The monoisotopic (exact) mass is 900 g/mol. The van der Waals surface area contributed by atoms with Crippen molar-refractivity contribution >= 4 is 77.8 Å². The van der Waals surface area contributed by atoms with E-state index in [0.717, 1.165) is 78.3 Å². The third-order valence-corrected chi connectivity index (χ3v) is 13.7. The van der Waals surface area contributed by atoms with Crippen LogP contribution in [-0.4, -0.2) is 0 Å². The summed E-state index contributed by atoms with van der Waals surface area (Å²) in [5.41, 5.74) is 16.7. The largest absolute Gasteiger partial charge is 0.311 e. The van der Waals surface area contributed by atoms with E-state index in [9.17, 15) is 10.5 Å². The number of nitriles is 2. The van der Waals surface area contributed by atoms with Crippen LogP contribution in [0.4, 0.5) is 45.5 Å². The van der Waals surface area contributed by atoms with Gasteiger partial charge in [0.25, 0.3) is 0 Å². The highest BCUT2D eigenvalue weighted by atomic mass is 15.2. The predicted octanol–water partition coefficient (Wildman–Crippen LogP) is 18.6. The second-order valence-electron chi connectivity index (χ2n) is 18.7. The molecule has 0 fully saturated rings. The van der Waals surface area contributed by atoms with Gasteiger partial charge in [-0.3, -0.25) is 0 Å². The maximum absolute atomic E-state index is 10.3. The van der Waals surface area contributed by atoms with Gasteiger partial charge >= 0.3 is 0 Å². The number of hydrogen-bond donors (Lipinski definition) is 0. The number of benzene rings is 10. The minimum atomic E-state index is 0.160. The molecule has 0 bridgehead atoms. The molecule has 6 nitrogen and oxygen atoms in total. The highest BCUT2D eigenvalue weighted by Gasteiger charge is 2.27. The van der Waals surface area contributed by atoms with Crippen molar-refractivity contribution in [3.05, 3.63) is 226 Å². The molecule has 10 aromatic carbocycles. The van der Waals surface area contributed by atoms with Crippen LogP contribution in [0.25, 0.3) is 64.3 Å². The Morgan fingerprint density at radius 1 is 0.414 bits per heavy atom. The van der Waals surface area contributed by atoms with Crippen molar-refractivity contribution in [2.24, 2.45) is 0 Å². The summed E-state index contributed by atoms with van der Waals surface area (Å²) in [5.74, 6) is 0.322. The first-order valence-corrected chi connectivity index (χ1v) is 23.6. The first kappa shape index (κ1) is 44.6. The van der Waals surface area contributed by atoms with Crippen molar-refractivity contribution in [1.82, 2.24) is 0 Å². The van der Waals surface area contributed by atoms with Crippen molar-refractivity contribution < 1.29 is 0 Å². The van der Waals surface area contributed by atoms with Crippen molar-refractivity contribution in [2.75, 3.05) is 9.80 Å². The van der Waals surface area contributed by atoms with Gasteiger partial charge in [-0.2, -0.15) is 10.5 Å². The maximum Gasteiger partial charge on any atom is 0.189 e. The number of hydrogen-bond acceptors (Lipinski definition) is 4. The molecule has 0 saturated carbocycles. The zero-order chi connectivity index (χ0) is 48.8. The van der Waals surface area contributed by atoms with Gasteiger partial charge in [-0.25, -0.2) is 9.69 Å². The SMILES string of the molecule is [C-]#[N+]c1ccc(-c2ccc(C)c(N(c3cccc([N+]#[C-])c3)c3cc(C(C)C)c4ccc5c(N(c6cccc(C#N)c6)c6cc(-c7ccc(C#N)cc7)ccc6C)cc(C(C)C)c6ccc3c4c65)c2)cc1. The Kier molecular flexibility index (Phi) is 11.6. The molecule has 334 valence electrons. The molecule has 0 aliphatic rings. The van der Waals surface area contributed by atoms with Crippen LogP contribution in [0, 0.1) is 49.7 Å². The van der Waals surface area contributed by atoms with Gasteiger partial charge in [0.1, 0.15) is 0 Å². The van der Waals surface area contributed by atoms with E-state index in [1.54, 1.807) is 0 Å². The smallest absolute Gasteiger partial charge is 0.189 e. The van der Waals surface area contributed by atoms with Crippen molar-refractivity contribution in [2.45, 2.75) is 53.4 Å². The summed E-state index contributed by atoms with van der Waals surface area (Å²) in [7, 11) is 0. The first-order chi connectivity index (χ1) is 34.0. The molecular weight excluding hydrogens is 853 g/mol. The molecule has 10 aromatic rings. The lowest BCUT2D eigenvalue weighted by molar-refractivity contribution is 0.875. The molecule has 0 N–H and O–H groups in total. The van der Waals surface area contributed by atoms with E-state index in [2.05, 4.69) is 158 Å². The van der Waals surface area contributed by atoms with Gasteiger partial charge in [-0.1, -0.05) is 131 Å². The fraction of sp³-hybridized carbons (Fsp3) is 0.125. The molecule has 0 aliphatic carbocycles. The number of aryl methyl sites for hydroxylation is 2. The average molecular weight is 901 g/mol. The summed E-state index contributed by atoms with van der Waals surface area (Å²) in [4.78, 5) is 12.2.